The Bertz CT molecular complexity index is 337. The van der Waals surface area contributed by atoms with Crippen molar-refractivity contribution in [2.75, 3.05) is 0 Å². The summed E-state index contributed by atoms with van der Waals surface area (Å²) in [5.74, 6) is -0.00767. The number of aromatic nitrogens is 1. The fraction of sp³-hybridized carbons (Fsp3) is 0.500. The number of Topliss-reactive ketones (excluding diaryl/α,β-unsaturated/α-hetero) is 1. The van der Waals surface area contributed by atoms with Gasteiger partial charge in [-0.25, -0.2) is 0 Å². The summed E-state index contributed by atoms with van der Waals surface area (Å²) in [6.45, 7) is 0. The molecule has 0 saturated heterocycles. The van der Waals surface area contributed by atoms with E-state index in [0.29, 0.717) is 6.42 Å². The van der Waals surface area contributed by atoms with Crippen molar-refractivity contribution in [3.05, 3.63) is 30.1 Å². The lowest BCUT2D eigenvalue weighted by Gasteiger charge is -2.25. The van der Waals surface area contributed by atoms with Crippen LogP contribution >= 0.6 is 0 Å². The molecule has 1 saturated carbocycles. The van der Waals surface area contributed by atoms with Crippen molar-refractivity contribution in [3.8, 4) is 0 Å². The number of carbonyl (C=O) groups is 1. The molecule has 2 atom stereocenters. The quantitative estimate of drug-likeness (QED) is 0.802. The summed E-state index contributed by atoms with van der Waals surface area (Å²) in [4.78, 5) is 15.5. The highest BCUT2D eigenvalue weighted by Gasteiger charge is 2.29. The predicted octanol–water partition coefficient (Wildman–Crippen LogP) is 1.87. The summed E-state index contributed by atoms with van der Waals surface area (Å²) in [6, 6.07) is 3.54. The molecule has 15 heavy (non-hydrogen) atoms. The van der Waals surface area contributed by atoms with Gasteiger partial charge in [-0.2, -0.15) is 0 Å². The van der Waals surface area contributed by atoms with Crippen LogP contribution in [0.3, 0.4) is 0 Å². The molecule has 2 rings (SSSR count). The third-order valence-corrected chi connectivity index (χ3v) is 3.03. The molecule has 1 aromatic rings. The zero-order valence-corrected chi connectivity index (χ0v) is 8.60. The Morgan fingerprint density at radius 1 is 1.33 bits per heavy atom. The molecule has 3 nitrogen and oxygen atoms in total. The normalized spacial score (nSPS) is 23.8. The lowest BCUT2D eigenvalue weighted by atomic mass is 9.82. The lowest BCUT2D eigenvalue weighted by Crippen LogP contribution is -2.25. The van der Waals surface area contributed by atoms with E-state index in [1.165, 1.54) is 0 Å². The van der Waals surface area contributed by atoms with Gasteiger partial charge < -0.3 is 5.11 Å². The van der Waals surface area contributed by atoms with Crippen molar-refractivity contribution in [1.82, 2.24) is 4.98 Å². The van der Waals surface area contributed by atoms with E-state index in [1.807, 2.05) is 0 Å². The first-order chi connectivity index (χ1) is 7.29. The van der Waals surface area contributed by atoms with Gasteiger partial charge in [0.2, 0.25) is 0 Å². The van der Waals surface area contributed by atoms with Gasteiger partial charge in [0.25, 0.3) is 0 Å². The summed E-state index contributed by atoms with van der Waals surface area (Å²) in [6.07, 6.45) is 6.07. The zero-order chi connectivity index (χ0) is 10.7. The highest BCUT2D eigenvalue weighted by atomic mass is 16.3. The summed E-state index contributed by atoms with van der Waals surface area (Å²) in [7, 11) is 0. The first-order valence-corrected chi connectivity index (χ1v) is 5.40. The van der Waals surface area contributed by atoms with Crippen LogP contribution in [0.2, 0.25) is 0 Å². The second-order valence-corrected chi connectivity index (χ2v) is 4.04. The van der Waals surface area contributed by atoms with Gasteiger partial charge in [-0.1, -0.05) is 6.42 Å². The van der Waals surface area contributed by atoms with E-state index >= 15 is 0 Å². The molecule has 1 fully saturated rings. The van der Waals surface area contributed by atoms with Crippen LogP contribution in [0, 0.1) is 5.92 Å². The fourth-order valence-corrected chi connectivity index (χ4v) is 2.14. The third kappa shape index (κ3) is 2.23. The molecule has 0 unspecified atom stereocenters. The van der Waals surface area contributed by atoms with Crippen molar-refractivity contribution < 1.29 is 9.90 Å². The first-order valence-electron chi connectivity index (χ1n) is 5.40. The van der Waals surface area contributed by atoms with Gasteiger partial charge in [-0.05, 0) is 30.5 Å². The van der Waals surface area contributed by atoms with Crippen molar-refractivity contribution in [1.29, 1.82) is 0 Å². The van der Waals surface area contributed by atoms with Gasteiger partial charge in [0.1, 0.15) is 5.78 Å². The average molecular weight is 205 g/mol. The van der Waals surface area contributed by atoms with Gasteiger partial charge in [0, 0.05) is 24.7 Å². The largest absolute Gasteiger partial charge is 0.388 e. The molecule has 80 valence electrons. The topological polar surface area (TPSA) is 50.2 Å². The molecule has 1 N–H and O–H groups in total. The number of hydrogen-bond donors (Lipinski definition) is 1. The minimum absolute atomic E-state index is 0.200. The zero-order valence-electron chi connectivity index (χ0n) is 8.60. The van der Waals surface area contributed by atoms with E-state index in [0.717, 1.165) is 24.8 Å². The molecule has 1 aliphatic rings. The van der Waals surface area contributed by atoms with E-state index < -0.39 is 6.10 Å². The number of pyridine rings is 1. The predicted molar refractivity (Wildman–Crippen MR) is 56.2 cm³/mol. The maximum atomic E-state index is 11.6. The fourth-order valence-electron chi connectivity index (χ4n) is 2.14. The first kappa shape index (κ1) is 10.3. The monoisotopic (exact) mass is 205 g/mol. The van der Waals surface area contributed by atoms with Crippen molar-refractivity contribution >= 4 is 5.78 Å². The SMILES string of the molecule is O=C1CCCC[C@H]1[C@H](O)c1ccncc1. The summed E-state index contributed by atoms with van der Waals surface area (Å²) in [5.41, 5.74) is 0.797. The molecule has 1 heterocycles. The molecule has 0 aliphatic heterocycles. The molecule has 1 aliphatic carbocycles. The van der Waals surface area contributed by atoms with E-state index in [2.05, 4.69) is 4.98 Å². The Kier molecular flexibility index (Phi) is 3.11. The minimum Gasteiger partial charge on any atom is -0.388 e. The van der Waals surface area contributed by atoms with Crippen LogP contribution in [0.5, 0.6) is 0 Å². The minimum atomic E-state index is -0.652. The van der Waals surface area contributed by atoms with Gasteiger partial charge in [0.15, 0.2) is 0 Å². The standard InChI is InChI=1S/C12H15NO2/c14-11-4-2-1-3-10(11)12(15)9-5-7-13-8-6-9/h5-8,10,12,15H,1-4H2/t10-,12-/m1/s1. The summed E-state index contributed by atoms with van der Waals surface area (Å²) < 4.78 is 0. The molecule has 0 radical (unpaired) electrons. The van der Waals surface area contributed by atoms with Gasteiger partial charge in [-0.3, -0.25) is 9.78 Å². The highest BCUT2D eigenvalue weighted by Crippen LogP contribution is 2.31. The van der Waals surface area contributed by atoms with E-state index in [9.17, 15) is 9.90 Å². The smallest absolute Gasteiger partial charge is 0.138 e. The van der Waals surface area contributed by atoms with Crippen LogP contribution in [0.1, 0.15) is 37.4 Å². The summed E-state index contributed by atoms with van der Waals surface area (Å²) in [5, 5.41) is 10.1. The highest BCUT2D eigenvalue weighted by molar-refractivity contribution is 5.82. The Morgan fingerprint density at radius 3 is 2.73 bits per heavy atom. The third-order valence-electron chi connectivity index (χ3n) is 3.03. The van der Waals surface area contributed by atoms with Gasteiger partial charge >= 0.3 is 0 Å². The average Bonchev–Trinajstić information content (AvgIpc) is 2.30. The number of rotatable bonds is 2. The van der Waals surface area contributed by atoms with Crippen molar-refractivity contribution in [3.63, 3.8) is 0 Å². The Balaban J connectivity index is 2.13. The number of hydrogen-bond acceptors (Lipinski definition) is 3. The summed E-state index contributed by atoms with van der Waals surface area (Å²) >= 11 is 0. The Hall–Kier alpha value is -1.22. The molecule has 0 amide bonds. The molecular weight excluding hydrogens is 190 g/mol. The molecule has 3 heteroatoms. The van der Waals surface area contributed by atoms with Gasteiger partial charge in [0.05, 0.1) is 6.10 Å². The van der Waals surface area contributed by atoms with E-state index in [-0.39, 0.29) is 11.7 Å². The second-order valence-electron chi connectivity index (χ2n) is 4.04. The van der Waals surface area contributed by atoms with Gasteiger partial charge in [-0.15, -0.1) is 0 Å². The molecule has 0 aromatic carbocycles. The van der Waals surface area contributed by atoms with E-state index in [1.54, 1.807) is 24.5 Å². The van der Waals surface area contributed by atoms with Crippen LogP contribution < -0.4 is 0 Å². The molecule has 0 spiro atoms. The molecular formula is C12H15NO2. The van der Waals surface area contributed by atoms with E-state index in [4.69, 9.17) is 0 Å². The van der Waals surface area contributed by atoms with Crippen LogP contribution in [0.4, 0.5) is 0 Å². The van der Waals surface area contributed by atoms with Crippen molar-refractivity contribution in [2.45, 2.75) is 31.8 Å². The van der Waals surface area contributed by atoms with Crippen LogP contribution in [0.15, 0.2) is 24.5 Å². The second kappa shape index (κ2) is 4.53. The number of carbonyl (C=O) groups excluding carboxylic acids is 1. The Labute approximate surface area is 89.2 Å². The number of nitrogens with zero attached hydrogens (tertiary/aromatic N) is 1. The number of ketones is 1. The maximum Gasteiger partial charge on any atom is 0.138 e. The Morgan fingerprint density at radius 2 is 2.07 bits per heavy atom. The van der Waals surface area contributed by atoms with Crippen molar-refractivity contribution in [2.24, 2.45) is 5.92 Å². The van der Waals surface area contributed by atoms with Crippen LogP contribution in [0.25, 0.3) is 0 Å². The molecule has 0 bridgehead atoms. The lowest BCUT2D eigenvalue weighted by molar-refractivity contribution is -0.128. The number of aliphatic hydroxyl groups is 1. The maximum absolute atomic E-state index is 11.6. The van der Waals surface area contributed by atoms with Crippen LogP contribution in [-0.4, -0.2) is 15.9 Å². The molecule has 1 aromatic heterocycles. The number of aliphatic hydroxyl groups excluding tert-OH is 1. The van der Waals surface area contributed by atoms with Crippen LogP contribution in [-0.2, 0) is 4.79 Å².